The average Bonchev–Trinajstić information content (AvgIpc) is 3.42. The van der Waals surface area contributed by atoms with Crippen LogP contribution >= 0.6 is 0 Å². The summed E-state index contributed by atoms with van der Waals surface area (Å²) < 4.78 is 28.1. The van der Waals surface area contributed by atoms with Gasteiger partial charge in [0.25, 0.3) is 5.91 Å². The van der Waals surface area contributed by atoms with E-state index in [0.717, 1.165) is 0 Å². The van der Waals surface area contributed by atoms with Crippen molar-refractivity contribution >= 4 is 21.7 Å². The van der Waals surface area contributed by atoms with E-state index in [1.807, 2.05) is 4.90 Å². The van der Waals surface area contributed by atoms with Crippen molar-refractivity contribution in [3.05, 3.63) is 138 Å². The highest BCUT2D eigenvalue weighted by Gasteiger charge is 2.62. The Kier molecular flexibility index (Phi) is 7.26. The average molecular weight is 631 g/mol. The first-order valence-corrected chi connectivity index (χ1v) is 16.4. The molecule has 0 spiro atoms. The molecule has 3 aliphatic rings. The van der Waals surface area contributed by atoms with Crippen molar-refractivity contribution in [1.29, 1.82) is 5.26 Å². The number of amides is 1. The maximum Gasteiger partial charge on any atom is 0.263 e. The number of ketones is 1. The largest absolute Gasteiger partial charge is 0.339 e. The number of rotatable bonds is 8. The fourth-order valence-electron chi connectivity index (χ4n) is 7.07. The molecule has 2 saturated heterocycles. The van der Waals surface area contributed by atoms with Crippen molar-refractivity contribution in [2.75, 3.05) is 26.7 Å². The summed E-state index contributed by atoms with van der Waals surface area (Å²) in [4.78, 5) is 40.7. The fraction of sp³-hybridized carbons (Fsp3) is 0.229. The van der Waals surface area contributed by atoms with Crippen LogP contribution in [-0.2, 0) is 20.4 Å². The normalized spacial score (nSPS) is 22.9. The van der Waals surface area contributed by atoms with E-state index in [2.05, 4.69) is 16.0 Å². The van der Waals surface area contributed by atoms with Gasteiger partial charge in [-0.2, -0.15) is 9.57 Å². The number of nitrogens with zero attached hydrogens (tertiary/aromatic N) is 6. The van der Waals surface area contributed by atoms with Gasteiger partial charge in [0, 0.05) is 63.1 Å². The molecule has 4 aromatic rings. The Morgan fingerprint density at radius 1 is 0.913 bits per heavy atom. The first kappa shape index (κ1) is 29.5. The second-order valence-electron chi connectivity index (χ2n) is 11.8. The van der Waals surface area contributed by atoms with Crippen LogP contribution in [0.1, 0.15) is 27.0 Å². The van der Waals surface area contributed by atoms with Gasteiger partial charge in [-0.3, -0.25) is 24.5 Å². The van der Waals surface area contributed by atoms with Crippen molar-refractivity contribution < 1.29 is 18.0 Å². The van der Waals surface area contributed by atoms with Crippen LogP contribution in [0.3, 0.4) is 0 Å². The molecule has 4 heterocycles. The molecule has 1 amide bonds. The number of likely N-dealkylation sites (N-methyl/N-ethyl adjacent to an activating group) is 1. The van der Waals surface area contributed by atoms with Crippen LogP contribution in [0.4, 0.5) is 0 Å². The Balaban J connectivity index is 1.24. The highest BCUT2D eigenvalue weighted by atomic mass is 32.2. The summed E-state index contributed by atoms with van der Waals surface area (Å²) in [5.41, 5.74) is 0.919. The summed E-state index contributed by atoms with van der Waals surface area (Å²) in [6.07, 6.45) is 8.04. The molecule has 7 rings (SSSR count). The third kappa shape index (κ3) is 4.69. The van der Waals surface area contributed by atoms with E-state index in [-0.39, 0.29) is 34.3 Å². The molecule has 3 atom stereocenters. The number of piperidine rings is 1. The molecule has 1 aliphatic carbocycles. The summed E-state index contributed by atoms with van der Waals surface area (Å²) in [5.74, 6) is 0.184. The lowest BCUT2D eigenvalue weighted by Crippen LogP contribution is -2.46. The summed E-state index contributed by atoms with van der Waals surface area (Å²) >= 11 is 0. The number of nitriles is 1. The smallest absolute Gasteiger partial charge is 0.263 e. The lowest BCUT2D eigenvalue weighted by Gasteiger charge is -2.35. The van der Waals surface area contributed by atoms with Crippen molar-refractivity contribution in [1.82, 2.24) is 24.1 Å². The molecule has 0 bridgehead atoms. The number of pyridine rings is 2. The van der Waals surface area contributed by atoms with Gasteiger partial charge in [0.15, 0.2) is 11.3 Å². The lowest BCUT2D eigenvalue weighted by atomic mass is 9.82. The number of aromatic nitrogens is 2. The minimum Gasteiger partial charge on any atom is -0.339 e. The number of carbonyl (C=O) groups excluding carboxylic acids is 2. The molecular weight excluding hydrogens is 600 g/mol. The van der Waals surface area contributed by atoms with Gasteiger partial charge in [-0.05, 0) is 89.5 Å². The molecule has 2 aromatic heterocycles. The summed E-state index contributed by atoms with van der Waals surface area (Å²) in [5, 5.41) is 9.20. The van der Waals surface area contributed by atoms with Gasteiger partial charge in [0.1, 0.15) is 5.82 Å². The molecule has 11 heteroatoms. The predicted octanol–water partition coefficient (Wildman–Crippen LogP) is 3.66. The Morgan fingerprint density at radius 3 is 2.02 bits per heavy atom. The van der Waals surface area contributed by atoms with Crippen LogP contribution in [-0.4, -0.2) is 70.9 Å². The fourth-order valence-corrected chi connectivity index (χ4v) is 8.61. The Morgan fingerprint density at radius 2 is 1.48 bits per heavy atom. The van der Waals surface area contributed by atoms with E-state index in [1.165, 1.54) is 10.4 Å². The van der Waals surface area contributed by atoms with Crippen LogP contribution in [0.5, 0.6) is 0 Å². The van der Waals surface area contributed by atoms with Gasteiger partial charge in [-0.25, -0.2) is 8.42 Å². The number of hydrogen-bond donors (Lipinski definition) is 0. The van der Waals surface area contributed by atoms with E-state index in [4.69, 9.17) is 0 Å². The molecule has 46 heavy (non-hydrogen) atoms. The Labute approximate surface area is 267 Å². The SMILES string of the molecule is CN1C(=CC(=O)c2ccc(C#N)cc2)N(CC2[C@H]3CN(S(=O)(=O)c4ccccc4)C[C@@H]23)C(=O)C1(c1ccncc1)c1ccncc1. The van der Waals surface area contributed by atoms with E-state index >= 15 is 0 Å². The number of sulfonamides is 1. The highest BCUT2D eigenvalue weighted by molar-refractivity contribution is 7.89. The quantitative estimate of drug-likeness (QED) is 0.213. The lowest BCUT2D eigenvalue weighted by molar-refractivity contribution is -0.132. The maximum absolute atomic E-state index is 14.9. The first-order chi connectivity index (χ1) is 22.3. The van der Waals surface area contributed by atoms with Gasteiger partial charge in [-0.1, -0.05) is 18.2 Å². The van der Waals surface area contributed by atoms with Crippen LogP contribution in [0.15, 0.2) is 120 Å². The van der Waals surface area contributed by atoms with Crippen molar-refractivity contribution in [3.63, 3.8) is 0 Å². The van der Waals surface area contributed by atoms with Crippen LogP contribution in [0, 0.1) is 29.1 Å². The zero-order valence-electron chi connectivity index (χ0n) is 25.0. The molecule has 1 saturated carbocycles. The third-order valence-electron chi connectivity index (χ3n) is 9.55. The molecule has 2 aromatic carbocycles. The van der Waals surface area contributed by atoms with Crippen molar-refractivity contribution in [2.24, 2.45) is 17.8 Å². The van der Waals surface area contributed by atoms with Gasteiger partial charge in [0.2, 0.25) is 10.0 Å². The predicted molar refractivity (Wildman–Crippen MR) is 168 cm³/mol. The second-order valence-corrected chi connectivity index (χ2v) is 13.8. The van der Waals surface area contributed by atoms with E-state index < -0.39 is 15.6 Å². The topological polar surface area (TPSA) is 128 Å². The Bertz CT molecular complexity index is 1930. The summed E-state index contributed by atoms with van der Waals surface area (Å²) in [6, 6.07) is 24.1. The monoisotopic (exact) mass is 630 g/mol. The molecule has 230 valence electrons. The third-order valence-corrected chi connectivity index (χ3v) is 11.4. The molecule has 0 radical (unpaired) electrons. The van der Waals surface area contributed by atoms with Crippen LogP contribution in [0.25, 0.3) is 0 Å². The molecular formula is C35H30N6O4S. The molecule has 0 N–H and O–H groups in total. The Hall–Kier alpha value is -5.18. The first-order valence-electron chi connectivity index (χ1n) is 14.9. The van der Waals surface area contributed by atoms with Crippen LogP contribution in [0.2, 0.25) is 0 Å². The number of fused-ring (bicyclic) bond motifs is 1. The minimum atomic E-state index is -3.61. The highest BCUT2D eigenvalue weighted by Crippen LogP contribution is 2.55. The standard InChI is InChI=1S/C35H30N6O4S/c1-39-33(19-32(42)25-9-7-24(20-36)8-10-25)41(34(43)35(39,26-11-15-37-16-12-26)27-13-17-38-18-14-27)23-31-29-21-40(22-30(29)31)46(44,45)28-5-3-2-4-6-28/h2-19,29-31H,21-23H2,1H3/t29-,30+,31?. The van der Waals surface area contributed by atoms with E-state index in [1.54, 1.807) is 116 Å². The zero-order chi connectivity index (χ0) is 32.1. The van der Waals surface area contributed by atoms with Crippen molar-refractivity contribution in [2.45, 2.75) is 10.4 Å². The second kappa shape index (κ2) is 11.3. The number of carbonyl (C=O) groups is 2. The zero-order valence-corrected chi connectivity index (χ0v) is 25.8. The van der Waals surface area contributed by atoms with Gasteiger partial charge in [-0.15, -0.1) is 0 Å². The van der Waals surface area contributed by atoms with E-state index in [9.17, 15) is 23.3 Å². The minimum absolute atomic E-state index is 0.0682. The van der Waals surface area contributed by atoms with Gasteiger partial charge in [0.05, 0.1) is 16.5 Å². The number of allylic oxidation sites excluding steroid dienone is 1. The van der Waals surface area contributed by atoms with E-state index in [0.29, 0.717) is 47.7 Å². The summed E-state index contributed by atoms with van der Waals surface area (Å²) in [6.45, 7) is 1.10. The van der Waals surface area contributed by atoms with Crippen LogP contribution < -0.4 is 0 Å². The molecule has 10 nitrogen and oxygen atoms in total. The van der Waals surface area contributed by atoms with Crippen molar-refractivity contribution in [3.8, 4) is 6.07 Å². The number of hydrogen-bond acceptors (Lipinski definition) is 8. The molecule has 3 fully saturated rings. The summed E-state index contributed by atoms with van der Waals surface area (Å²) in [7, 11) is -1.80. The van der Waals surface area contributed by atoms with Gasteiger partial charge < -0.3 is 4.90 Å². The maximum atomic E-state index is 14.9. The number of benzene rings is 2. The molecule has 1 unspecified atom stereocenters. The van der Waals surface area contributed by atoms with Gasteiger partial charge >= 0.3 is 0 Å². The molecule has 2 aliphatic heterocycles.